The number of rotatable bonds is 6. The highest BCUT2D eigenvalue weighted by Crippen LogP contribution is 2.35. The number of amidine groups is 1. The molecular formula is C24H19ClN2O4S. The molecule has 2 heterocycles. The molecule has 1 fully saturated rings. The van der Waals surface area contributed by atoms with Crippen molar-refractivity contribution in [1.82, 2.24) is 4.90 Å². The van der Waals surface area contributed by atoms with Gasteiger partial charge < -0.3 is 9.52 Å². The highest BCUT2D eigenvalue weighted by Gasteiger charge is 2.33. The molecule has 0 spiro atoms. The van der Waals surface area contributed by atoms with Crippen LogP contribution in [0.5, 0.6) is 0 Å². The third-order valence-corrected chi connectivity index (χ3v) is 6.03. The van der Waals surface area contributed by atoms with Gasteiger partial charge >= 0.3 is 5.97 Å². The van der Waals surface area contributed by atoms with E-state index in [4.69, 9.17) is 16.0 Å². The summed E-state index contributed by atoms with van der Waals surface area (Å²) < 4.78 is 5.87. The second-order valence-corrected chi connectivity index (χ2v) is 8.42. The van der Waals surface area contributed by atoms with E-state index in [0.29, 0.717) is 33.7 Å². The van der Waals surface area contributed by atoms with Crippen molar-refractivity contribution in [2.45, 2.75) is 13.3 Å². The van der Waals surface area contributed by atoms with Gasteiger partial charge in [0.15, 0.2) is 5.17 Å². The maximum Gasteiger partial charge on any atom is 0.337 e. The van der Waals surface area contributed by atoms with Gasteiger partial charge in [0.05, 0.1) is 21.2 Å². The molecule has 1 aliphatic rings. The number of amides is 1. The van der Waals surface area contributed by atoms with Crippen molar-refractivity contribution in [3.05, 3.63) is 81.9 Å². The van der Waals surface area contributed by atoms with Gasteiger partial charge in [0.25, 0.3) is 5.91 Å². The quantitative estimate of drug-likeness (QED) is 0.430. The normalized spacial score (nSPS) is 16.3. The Morgan fingerprint density at radius 3 is 2.69 bits per heavy atom. The first-order chi connectivity index (χ1) is 15.5. The Bertz CT molecular complexity index is 1230. The number of hydrogen-bond acceptors (Lipinski definition) is 5. The molecule has 0 aliphatic carbocycles. The van der Waals surface area contributed by atoms with Gasteiger partial charge in [-0.3, -0.25) is 9.69 Å². The zero-order valence-electron chi connectivity index (χ0n) is 17.1. The molecule has 0 radical (unpaired) electrons. The topological polar surface area (TPSA) is 83.1 Å². The number of benzene rings is 2. The Morgan fingerprint density at radius 2 is 1.97 bits per heavy atom. The van der Waals surface area contributed by atoms with E-state index in [0.717, 1.165) is 12.1 Å². The molecule has 2 aromatic carbocycles. The first-order valence-electron chi connectivity index (χ1n) is 9.94. The minimum Gasteiger partial charge on any atom is -0.478 e. The van der Waals surface area contributed by atoms with Gasteiger partial charge in [-0.25, -0.2) is 9.79 Å². The number of thioether (sulfide) groups is 1. The fraction of sp³-hybridized carbons (Fsp3) is 0.125. The molecule has 1 amide bonds. The molecule has 3 aromatic rings. The first-order valence-corrected chi connectivity index (χ1v) is 11.1. The second-order valence-electron chi connectivity index (χ2n) is 7.00. The van der Waals surface area contributed by atoms with Crippen LogP contribution in [0.3, 0.4) is 0 Å². The maximum atomic E-state index is 13.0. The van der Waals surface area contributed by atoms with Crippen LogP contribution in [0.1, 0.15) is 29.5 Å². The Hall–Kier alpha value is -3.29. The van der Waals surface area contributed by atoms with E-state index in [9.17, 15) is 14.7 Å². The van der Waals surface area contributed by atoms with E-state index in [1.165, 1.54) is 23.9 Å². The fourth-order valence-electron chi connectivity index (χ4n) is 3.18. The predicted octanol–water partition coefficient (Wildman–Crippen LogP) is 6.31. The summed E-state index contributed by atoms with van der Waals surface area (Å²) in [4.78, 5) is 31.1. The number of carbonyl (C=O) groups excluding carboxylic acids is 1. The number of aromatic carboxylic acids is 1. The summed E-state index contributed by atoms with van der Waals surface area (Å²) in [5.41, 5.74) is 1.36. The SMILES string of the molecule is CCCN1C(=O)/C(=C\c2ccc(-c3ccc(Cl)c(C(=O)O)c3)o2)SC1=Nc1ccccc1. The van der Waals surface area contributed by atoms with Crippen LogP contribution >= 0.6 is 23.4 Å². The fourth-order valence-corrected chi connectivity index (χ4v) is 4.39. The van der Waals surface area contributed by atoms with Crippen molar-refractivity contribution < 1.29 is 19.1 Å². The van der Waals surface area contributed by atoms with Gasteiger partial charge in [0.2, 0.25) is 0 Å². The van der Waals surface area contributed by atoms with Crippen LogP contribution < -0.4 is 0 Å². The van der Waals surface area contributed by atoms with E-state index >= 15 is 0 Å². The van der Waals surface area contributed by atoms with Crippen molar-refractivity contribution in [3.8, 4) is 11.3 Å². The smallest absolute Gasteiger partial charge is 0.337 e. The summed E-state index contributed by atoms with van der Waals surface area (Å²) in [5, 5.41) is 10.1. The lowest BCUT2D eigenvalue weighted by atomic mass is 10.1. The molecular weight excluding hydrogens is 448 g/mol. The lowest BCUT2D eigenvalue weighted by Gasteiger charge is -2.13. The lowest BCUT2D eigenvalue weighted by molar-refractivity contribution is -0.122. The standard InChI is InChI=1S/C24H19ClN2O4S/c1-2-12-27-22(28)21(32-24(27)26-16-6-4-3-5-7-16)14-17-9-11-20(31-17)15-8-10-19(25)18(13-15)23(29)30/h3-11,13-14H,2,12H2,1H3,(H,29,30)/b21-14+,26-24?. The first kappa shape index (κ1) is 21.9. The third kappa shape index (κ3) is 4.64. The number of aliphatic imine (C=N–C) groups is 1. The molecule has 162 valence electrons. The lowest BCUT2D eigenvalue weighted by Crippen LogP contribution is -2.29. The Kier molecular flexibility index (Phi) is 6.48. The average Bonchev–Trinajstić information content (AvgIpc) is 3.35. The van der Waals surface area contributed by atoms with Crippen molar-refractivity contribution in [2.75, 3.05) is 6.54 Å². The summed E-state index contributed by atoms with van der Waals surface area (Å²) in [6, 6.07) is 17.6. The molecule has 8 heteroatoms. The number of carbonyl (C=O) groups is 2. The minimum absolute atomic E-state index is 0.000953. The van der Waals surface area contributed by atoms with Crippen LogP contribution in [0.15, 0.2) is 75.0 Å². The van der Waals surface area contributed by atoms with E-state index in [2.05, 4.69) is 4.99 Å². The van der Waals surface area contributed by atoms with Crippen LogP contribution in [-0.2, 0) is 4.79 Å². The summed E-state index contributed by atoms with van der Waals surface area (Å²) >= 11 is 7.25. The summed E-state index contributed by atoms with van der Waals surface area (Å²) in [6.45, 7) is 2.58. The molecule has 6 nitrogen and oxygen atoms in total. The van der Waals surface area contributed by atoms with E-state index in [1.54, 1.807) is 29.2 Å². The molecule has 32 heavy (non-hydrogen) atoms. The van der Waals surface area contributed by atoms with Gasteiger partial charge in [0, 0.05) is 18.2 Å². The Balaban J connectivity index is 1.62. The van der Waals surface area contributed by atoms with Crippen LogP contribution in [0.25, 0.3) is 17.4 Å². The molecule has 1 saturated heterocycles. The maximum absolute atomic E-state index is 13.0. The number of hydrogen-bond donors (Lipinski definition) is 1. The number of carboxylic acid groups (broad SMARTS) is 1. The zero-order chi connectivity index (χ0) is 22.7. The van der Waals surface area contributed by atoms with Gasteiger partial charge in [-0.05, 0) is 60.6 Å². The highest BCUT2D eigenvalue weighted by molar-refractivity contribution is 8.18. The van der Waals surface area contributed by atoms with Gasteiger partial charge in [0.1, 0.15) is 11.5 Å². The van der Waals surface area contributed by atoms with Gasteiger partial charge in [-0.1, -0.05) is 36.7 Å². The molecule has 1 aliphatic heterocycles. The van der Waals surface area contributed by atoms with Crippen molar-refractivity contribution in [2.24, 2.45) is 4.99 Å². The molecule has 1 aromatic heterocycles. The number of halogens is 1. The van der Waals surface area contributed by atoms with Gasteiger partial charge in [-0.2, -0.15) is 0 Å². The highest BCUT2D eigenvalue weighted by atomic mass is 35.5. The second kappa shape index (κ2) is 9.46. The van der Waals surface area contributed by atoms with Crippen molar-refractivity contribution in [3.63, 3.8) is 0 Å². The van der Waals surface area contributed by atoms with Gasteiger partial charge in [-0.15, -0.1) is 0 Å². The predicted molar refractivity (Wildman–Crippen MR) is 127 cm³/mol. The third-order valence-electron chi connectivity index (χ3n) is 4.70. The molecule has 0 unspecified atom stereocenters. The Labute approximate surface area is 194 Å². The molecule has 4 rings (SSSR count). The van der Waals surface area contributed by atoms with E-state index < -0.39 is 5.97 Å². The van der Waals surface area contributed by atoms with E-state index in [1.807, 2.05) is 37.3 Å². The largest absolute Gasteiger partial charge is 0.478 e. The number of furan rings is 1. The average molecular weight is 467 g/mol. The number of nitrogens with zero attached hydrogens (tertiary/aromatic N) is 2. The zero-order valence-corrected chi connectivity index (χ0v) is 18.7. The van der Waals surface area contributed by atoms with Crippen molar-refractivity contribution >= 4 is 52.2 Å². The molecule has 0 saturated carbocycles. The van der Waals surface area contributed by atoms with Crippen LogP contribution in [0.4, 0.5) is 5.69 Å². The monoisotopic (exact) mass is 466 g/mol. The molecule has 1 N–H and O–H groups in total. The van der Waals surface area contributed by atoms with Crippen molar-refractivity contribution in [1.29, 1.82) is 0 Å². The minimum atomic E-state index is -1.11. The van der Waals surface area contributed by atoms with Crippen LogP contribution in [-0.4, -0.2) is 33.6 Å². The molecule has 0 bridgehead atoms. The summed E-state index contributed by atoms with van der Waals surface area (Å²) in [6.07, 6.45) is 2.49. The Morgan fingerprint density at radius 1 is 1.19 bits per heavy atom. The number of para-hydroxylation sites is 1. The number of carboxylic acids is 1. The van der Waals surface area contributed by atoms with Crippen LogP contribution in [0, 0.1) is 0 Å². The summed E-state index contributed by atoms with van der Waals surface area (Å²) in [5.74, 6) is -0.265. The summed E-state index contributed by atoms with van der Waals surface area (Å²) in [7, 11) is 0. The van der Waals surface area contributed by atoms with E-state index in [-0.39, 0.29) is 16.5 Å². The molecule has 0 atom stereocenters. The van der Waals surface area contributed by atoms with Crippen LogP contribution in [0.2, 0.25) is 5.02 Å².